The molecule has 220 valence electrons. The Labute approximate surface area is 250 Å². The minimum atomic E-state index is -0.590. The van der Waals surface area contributed by atoms with Gasteiger partial charge in [-0.3, -0.25) is 14.5 Å². The second-order valence-electron chi connectivity index (χ2n) is 10.5. The molecule has 4 N–H and O–H groups in total. The van der Waals surface area contributed by atoms with Gasteiger partial charge in [0.05, 0.1) is 34.6 Å². The average Bonchev–Trinajstić information content (AvgIpc) is 3.65. The van der Waals surface area contributed by atoms with Crippen LogP contribution in [0.3, 0.4) is 0 Å². The minimum Gasteiger partial charge on any atom is -0.450 e. The van der Waals surface area contributed by atoms with E-state index >= 15 is 0 Å². The third-order valence-corrected chi connectivity index (χ3v) is 8.81. The monoisotopic (exact) mass is 599 g/mol. The number of ether oxygens (including phenoxy) is 1. The third-order valence-electron chi connectivity index (χ3n) is 7.70. The zero-order valence-corrected chi connectivity index (χ0v) is 24.0. The Hall–Kier alpha value is -4.66. The highest BCUT2D eigenvalue weighted by Gasteiger charge is 2.27. The molecule has 0 unspecified atom stereocenters. The molecule has 0 atom stereocenters. The van der Waals surface area contributed by atoms with Crippen molar-refractivity contribution in [1.29, 1.82) is 0 Å². The number of thiophene rings is 1. The van der Waals surface area contributed by atoms with Crippen molar-refractivity contribution in [2.45, 2.75) is 6.54 Å². The second-order valence-corrected chi connectivity index (χ2v) is 11.6. The fraction of sp³-hybridized carbons (Fsp3) is 0.310. The number of nitrogens with two attached hydrogens (primary N) is 2. The fourth-order valence-electron chi connectivity index (χ4n) is 5.46. The van der Waals surface area contributed by atoms with E-state index in [0.717, 1.165) is 35.7 Å². The number of nitrogens with zero attached hydrogens (tertiary/aromatic N) is 7. The van der Waals surface area contributed by atoms with Crippen LogP contribution in [0.4, 0.5) is 11.8 Å². The Kier molecular flexibility index (Phi) is 7.08. The number of hydrogen-bond acceptors (Lipinski definition) is 12. The van der Waals surface area contributed by atoms with Crippen LogP contribution >= 0.6 is 11.3 Å². The van der Waals surface area contributed by atoms with Crippen LogP contribution in [0.1, 0.15) is 25.8 Å². The van der Waals surface area contributed by atoms with Crippen molar-refractivity contribution < 1.29 is 18.7 Å². The van der Waals surface area contributed by atoms with Gasteiger partial charge >= 0.3 is 0 Å². The van der Waals surface area contributed by atoms with E-state index in [1.807, 2.05) is 0 Å². The topological polar surface area (TPSA) is 170 Å². The second kappa shape index (κ2) is 11.2. The zero-order chi connectivity index (χ0) is 29.5. The van der Waals surface area contributed by atoms with Gasteiger partial charge < -0.3 is 30.4 Å². The molecule has 2 amide bonds. The summed E-state index contributed by atoms with van der Waals surface area (Å²) < 4.78 is 12.4. The van der Waals surface area contributed by atoms with Crippen LogP contribution in [0.25, 0.3) is 32.6 Å². The van der Waals surface area contributed by atoms with Crippen LogP contribution in [0.5, 0.6) is 0 Å². The van der Waals surface area contributed by atoms with Crippen LogP contribution in [-0.2, 0) is 11.3 Å². The van der Waals surface area contributed by atoms with Crippen LogP contribution in [-0.4, -0.2) is 94.0 Å². The van der Waals surface area contributed by atoms with Crippen molar-refractivity contribution in [1.82, 2.24) is 29.7 Å². The molecule has 2 saturated heterocycles. The number of benzene rings is 1. The van der Waals surface area contributed by atoms with E-state index in [9.17, 15) is 9.59 Å². The molecule has 0 bridgehead atoms. The molecule has 13 nitrogen and oxygen atoms in total. The number of morpholine rings is 1. The van der Waals surface area contributed by atoms with Crippen LogP contribution in [0, 0.1) is 0 Å². The van der Waals surface area contributed by atoms with Crippen molar-refractivity contribution in [2.24, 2.45) is 5.73 Å². The molecular formula is C29H29N9O4S. The first-order valence-corrected chi connectivity index (χ1v) is 14.8. The van der Waals surface area contributed by atoms with Gasteiger partial charge in [0.2, 0.25) is 5.95 Å². The first kappa shape index (κ1) is 27.2. The summed E-state index contributed by atoms with van der Waals surface area (Å²) in [6, 6.07) is 8.91. The molecule has 0 spiro atoms. The van der Waals surface area contributed by atoms with Gasteiger partial charge in [-0.1, -0.05) is 12.1 Å². The summed E-state index contributed by atoms with van der Waals surface area (Å²) in [6.07, 6.45) is 3.28. The molecule has 14 heteroatoms. The van der Waals surface area contributed by atoms with Gasteiger partial charge in [0.1, 0.15) is 5.58 Å². The number of rotatable bonds is 6. The first-order valence-electron chi connectivity index (χ1n) is 14.0. The Morgan fingerprint density at radius 2 is 1.74 bits per heavy atom. The first-order chi connectivity index (χ1) is 20.9. The SMILES string of the molecule is NC(=O)c1cccc2cc(C(=O)N3CCN(Cc4cc5nc(-c6cnc(N)nc6)nc(N6CCOCC6)c5s4)CC3)oc12. The summed E-state index contributed by atoms with van der Waals surface area (Å²) in [7, 11) is 0. The molecular weight excluding hydrogens is 570 g/mol. The molecule has 7 rings (SSSR count). The number of amides is 2. The summed E-state index contributed by atoms with van der Waals surface area (Å²) in [4.78, 5) is 50.6. The normalized spacial score (nSPS) is 16.3. The van der Waals surface area contributed by atoms with Gasteiger partial charge in [-0.2, -0.15) is 0 Å². The van der Waals surface area contributed by atoms with Crippen molar-refractivity contribution in [3.8, 4) is 11.4 Å². The number of aromatic nitrogens is 4. The standard InChI is InChI=1S/C29H29N9O4S/c30-25(39)20-3-1-2-17-12-22(42-23(17)20)28(40)38-6-4-36(5-7-38)16-19-13-21-24(43-19)27(37-8-10-41-11-9-37)35-26(34-21)18-14-32-29(31)33-15-18/h1-3,12-15H,4-11,16H2,(H2,30,39)(H2,31,32,33). The van der Waals surface area contributed by atoms with E-state index in [0.29, 0.717) is 61.7 Å². The lowest BCUT2D eigenvalue weighted by Crippen LogP contribution is -2.48. The summed E-state index contributed by atoms with van der Waals surface area (Å²) in [6.45, 7) is 6.07. The number of hydrogen-bond donors (Lipinski definition) is 2. The van der Waals surface area contributed by atoms with Crippen molar-refractivity contribution >= 4 is 56.1 Å². The van der Waals surface area contributed by atoms with Gasteiger partial charge in [0, 0.05) is 68.5 Å². The van der Waals surface area contributed by atoms with E-state index in [2.05, 4.69) is 25.8 Å². The highest BCUT2D eigenvalue weighted by Crippen LogP contribution is 2.35. The number of furan rings is 1. The minimum absolute atomic E-state index is 0.197. The fourth-order valence-corrected chi connectivity index (χ4v) is 6.62. The molecule has 1 aromatic carbocycles. The van der Waals surface area contributed by atoms with E-state index in [1.165, 1.54) is 4.88 Å². The van der Waals surface area contributed by atoms with Crippen molar-refractivity contribution in [3.05, 3.63) is 58.9 Å². The van der Waals surface area contributed by atoms with Crippen LogP contribution in [0.15, 0.2) is 47.1 Å². The Morgan fingerprint density at radius 3 is 2.49 bits per heavy atom. The Balaban J connectivity index is 1.08. The molecule has 6 heterocycles. The largest absolute Gasteiger partial charge is 0.450 e. The van der Waals surface area contributed by atoms with Crippen molar-refractivity contribution in [2.75, 3.05) is 63.1 Å². The number of fused-ring (bicyclic) bond motifs is 2. The molecule has 5 aromatic rings. The van der Waals surface area contributed by atoms with Gasteiger partial charge in [-0.15, -0.1) is 11.3 Å². The molecule has 2 fully saturated rings. The van der Waals surface area contributed by atoms with E-state index in [-0.39, 0.29) is 23.2 Å². The number of piperazine rings is 1. The predicted molar refractivity (Wildman–Crippen MR) is 162 cm³/mol. The number of anilines is 2. The van der Waals surface area contributed by atoms with Gasteiger partial charge in [0.25, 0.3) is 11.8 Å². The van der Waals surface area contributed by atoms with Gasteiger partial charge in [0.15, 0.2) is 17.4 Å². The maximum Gasteiger partial charge on any atom is 0.289 e. The highest BCUT2D eigenvalue weighted by atomic mass is 32.1. The molecule has 2 aliphatic rings. The molecule has 0 radical (unpaired) electrons. The van der Waals surface area contributed by atoms with Gasteiger partial charge in [-0.25, -0.2) is 19.9 Å². The predicted octanol–water partition coefficient (Wildman–Crippen LogP) is 2.37. The maximum absolute atomic E-state index is 13.2. The quantitative estimate of drug-likeness (QED) is 0.294. The number of para-hydroxylation sites is 1. The third kappa shape index (κ3) is 5.35. The molecule has 4 aromatic heterocycles. The summed E-state index contributed by atoms with van der Waals surface area (Å²) in [5, 5.41) is 0.676. The van der Waals surface area contributed by atoms with Crippen LogP contribution in [0.2, 0.25) is 0 Å². The summed E-state index contributed by atoms with van der Waals surface area (Å²) >= 11 is 1.69. The number of carbonyl (C=O) groups excluding carboxylic acids is 2. The zero-order valence-electron chi connectivity index (χ0n) is 23.2. The average molecular weight is 600 g/mol. The van der Waals surface area contributed by atoms with Gasteiger partial charge in [-0.05, 0) is 18.2 Å². The highest BCUT2D eigenvalue weighted by molar-refractivity contribution is 7.19. The number of nitrogen functional groups attached to an aromatic ring is 1. The van der Waals surface area contributed by atoms with E-state index in [1.54, 1.807) is 52.9 Å². The lowest BCUT2D eigenvalue weighted by atomic mass is 10.1. The molecule has 0 saturated carbocycles. The number of primary amides is 1. The molecule has 43 heavy (non-hydrogen) atoms. The molecule has 0 aliphatic carbocycles. The summed E-state index contributed by atoms with van der Waals surface area (Å²) in [5.41, 5.74) is 13.3. The Bertz CT molecular complexity index is 1820. The molecule has 2 aliphatic heterocycles. The Morgan fingerprint density at radius 1 is 0.977 bits per heavy atom. The number of carbonyl (C=O) groups is 2. The maximum atomic E-state index is 13.2. The summed E-state index contributed by atoms with van der Waals surface area (Å²) in [5.74, 6) is 1.06. The van der Waals surface area contributed by atoms with E-state index in [4.69, 9.17) is 30.6 Å². The van der Waals surface area contributed by atoms with Crippen LogP contribution < -0.4 is 16.4 Å². The smallest absolute Gasteiger partial charge is 0.289 e. The lowest BCUT2D eigenvalue weighted by Gasteiger charge is -2.34. The lowest BCUT2D eigenvalue weighted by molar-refractivity contribution is 0.0601. The van der Waals surface area contributed by atoms with E-state index < -0.39 is 5.91 Å². The van der Waals surface area contributed by atoms with Crippen molar-refractivity contribution in [3.63, 3.8) is 0 Å².